The predicted molar refractivity (Wildman–Crippen MR) is 106 cm³/mol. The highest BCUT2D eigenvalue weighted by Gasteiger charge is 2.18. The van der Waals surface area contributed by atoms with E-state index in [4.69, 9.17) is 40.2 Å². The highest BCUT2D eigenvalue weighted by atomic mass is 35.5. The maximum atomic E-state index is 12.2. The number of phenolic OH excluding ortho intramolecular Hbond substituents is 1. The molecular formula is C16H13Cl2N3O5S. The molecule has 3 N–H and O–H groups in total. The molecule has 0 aromatic heterocycles. The molecule has 0 heterocycles. The van der Waals surface area contributed by atoms with E-state index in [0.717, 1.165) is 6.07 Å². The van der Waals surface area contributed by atoms with Gasteiger partial charge in [0.2, 0.25) is 0 Å². The third-order valence-electron chi connectivity index (χ3n) is 3.24. The van der Waals surface area contributed by atoms with Gasteiger partial charge < -0.3 is 15.2 Å². The minimum atomic E-state index is -0.936. The summed E-state index contributed by atoms with van der Waals surface area (Å²) in [6.45, 7) is 1.49. The minimum Gasteiger partial charge on any atom is -0.506 e. The fourth-order valence-corrected chi connectivity index (χ4v) is 2.58. The number of halogens is 2. The fourth-order valence-electron chi connectivity index (χ4n) is 1.92. The number of carbonyl (C=O) groups is 1. The van der Waals surface area contributed by atoms with Gasteiger partial charge in [-0.2, -0.15) is 0 Å². The van der Waals surface area contributed by atoms with Crippen LogP contribution in [0.1, 0.15) is 6.92 Å². The van der Waals surface area contributed by atoms with Crippen LogP contribution in [0.3, 0.4) is 0 Å². The van der Waals surface area contributed by atoms with Crippen LogP contribution in [0.2, 0.25) is 10.0 Å². The lowest BCUT2D eigenvalue weighted by Crippen LogP contribution is -2.42. The van der Waals surface area contributed by atoms with E-state index in [2.05, 4.69) is 10.6 Å². The number of phenols is 1. The quantitative estimate of drug-likeness (QED) is 0.285. The van der Waals surface area contributed by atoms with E-state index < -0.39 is 22.7 Å². The van der Waals surface area contributed by atoms with Crippen molar-refractivity contribution in [2.24, 2.45) is 0 Å². The minimum absolute atomic E-state index is 0.0974. The van der Waals surface area contributed by atoms with E-state index >= 15 is 0 Å². The average molecular weight is 430 g/mol. The summed E-state index contributed by atoms with van der Waals surface area (Å²) < 4.78 is 5.46. The molecule has 0 radical (unpaired) electrons. The van der Waals surface area contributed by atoms with Gasteiger partial charge in [0.15, 0.2) is 11.2 Å². The van der Waals surface area contributed by atoms with E-state index in [1.807, 2.05) is 0 Å². The number of thiocarbonyl (C=S) groups is 1. The Hall–Kier alpha value is -2.62. The zero-order chi connectivity index (χ0) is 20.1. The molecule has 8 nitrogen and oxygen atoms in total. The number of aromatic hydroxyl groups is 1. The Balaban J connectivity index is 1.96. The van der Waals surface area contributed by atoms with Crippen molar-refractivity contribution in [2.75, 3.05) is 5.32 Å². The first-order chi connectivity index (χ1) is 12.7. The molecule has 0 bridgehead atoms. The van der Waals surface area contributed by atoms with Crippen LogP contribution >= 0.6 is 35.4 Å². The number of nitrogens with one attached hydrogen (secondary N) is 2. The van der Waals surface area contributed by atoms with Crippen molar-refractivity contribution in [3.05, 3.63) is 56.6 Å². The van der Waals surface area contributed by atoms with Crippen molar-refractivity contribution in [1.29, 1.82) is 0 Å². The molecule has 0 fully saturated rings. The number of amides is 1. The van der Waals surface area contributed by atoms with Gasteiger partial charge in [-0.3, -0.25) is 20.2 Å². The van der Waals surface area contributed by atoms with Crippen molar-refractivity contribution >= 4 is 57.8 Å². The molecule has 0 saturated heterocycles. The smallest absolute Gasteiger partial charge is 0.273 e. The van der Waals surface area contributed by atoms with Crippen LogP contribution < -0.4 is 15.4 Å². The highest BCUT2D eigenvalue weighted by molar-refractivity contribution is 7.80. The van der Waals surface area contributed by atoms with Gasteiger partial charge in [-0.15, -0.1) is 0 Å². The molecule has 2 rings (SSSR count). The van der Waals surface area contributed by atoms with Gasteiger partial charge >= 0.3 is 0 Å². The zero-order valence-electron chi connectivity index (χ0n) is 13.7. The van der Waals surface area contributed by atoms with Gasteiger partial charge in [-0.25, -0.2) is 0 Å². The number of rotatable bonds is 5. The van der Waals surface area contributed by atoms with Crippen LogP contribution in [0.15, 0.2) is 36.4 Å². The van der Waals surface area contributed by atoms with Crippen molar-refractivity contribution in [3.8, 4) is 11.5 Å². The summed E-state index contributed by atoms with van der Waals surface area (Å²) >= 11 is 16.8. The molecule has 0 aliphatic carbocycles. The van der Waals surface area contributed by atoms with Gasteiger partial charge in [-0.05, 0) is 43.4 Å². The number of nitrogens with zero attached hydrogens (tertiary/aromatic N) is 1. The van der Waals surface area contributed by atoms with E-state index in [0.29, 0.717) is 5.02 Å². The SMILES string of the molecule is CC(Oc1ccc(Cl)cc1Cl)C(=O)NC(=S)Nc1ccc([N+](=O)[O-])cc1O. The summed E-state index contributed by atoms with van der Waals surface area (Å²) in [6, 6.07) is 7.98. The second-order valence-corrected chi connectivity index (χ2v) is 6.49. The number of anilines is 1. The number of benzene rings is 2. The maximum Gasteiger partial charge on any atom is 0.273 e. The molecule has 1 amide bonds. The highest BCUT2D eigenvalue weighted by Crippen LogP contribution is 2.29. The number of non-ortho nitro benzene ring substituents is 1. The zero-order valence-corrected chi connectivity index (χ0v) is 16.1. The third-order valence-corrected chi connectivity index (χ3v) is 3.98. The Bertz CT molecular complexity index is 910. The van der Waals surface area contributed by atoms with Gasteiger partial charge in [0, 0.05) is 11.1 Å². The molecular weight excluding hydrogens is 417 g/mol. The molecule has 27 heavy (non-hydrogen) atoms. The van der Waals surface area contributed by atoms with E-state index in [1.54, 1.807) is 6.07 Å². The Morgan fingerprint density at radius 3 is 2.59 bits per heavy atom. The van der Waals surface area contributed by atoms with Crippen molar-refractivity contribution < 1.29 is 19.6 Å². The Morgan fingerprint density at radius 1 is 1.30 bits per heavy atom. The largest absolute Gasteiger partial charge is 0.506 e. The summed E-state index contributed by atoms with van der Waals surface area (Å²) in [5.74, 6) is -0.687. The fraction of sp³-hybridized carbons (Fsp3) is 0.125. The molecule has 11 heteroatoms. The van der Waals surface area contributed by atoms with Crippen LogP contribution in [0.25, 0.3) is 0 Å². The number of nitro benzene ring substituents is 1. The van der Waals surface area contributed by atoms with E-state index in [1.165, 1.54) is 31.2 Å². The molecule has 0 aliphatic rings. The summed E-state index contributed by atoms with van der Waals surface area (Å²) in [5.41, 5.74) is -0.185. The molecule has 0 spiro atoms. The van der Waals surface area contributed by atoms with E-state index in [9.17, 15) is 20.0 Å². The predicted octanol–water partition coefficient (Wildman–Crippen LogP) is 3.89. The number of ether oxygens (including phenoxy) is 1. The first-order valence-electron chi connectivity index (χ1n) is 7.38. The standard InChI is InChI=1S/C16H13Cl2N3O5S/c1-8(26-14-5-2-9(17)6-11(14)18)15(23)20-16(27)19-12-4-3-10(21(24)25)7-13(12)22/h2-8,22H,1H3,(H2,19,20,23,27). The molecule has 2 aromatic carbocycles. The Morgan fingerprint density at radius 2 is 2.00 bits per heavy atom. The lowest BCUT2D eigenvalue weighted by Gasteiger charge is -2.17. The third kappa shape index (κ3) is 5.68. The van der Waals surface area contributed by atoms with Gasteiger partial charge in [0.05, 0.1) is 21.7 Å². The van der Waals surface area contributed by atoms with Gasteiger partial charge in [0.1, 0.15) is 11.5 Å². The van der Waals surface area contributed by atoms with Crippen LogP contribution in [-0.2, 0) is 4.79 Å². The van der Waals surface area contributed by atoms with Crippen molar-refractivity contribution in [2.45, 2.75) is 13.0 Å². The molecule has 0 saturated carbocycles. The normalized spacial score (nSPS) is 11.4. The topological polar surface area (TPSA) is 114 Å². The number of hydrogen-bond donors (Lipinski definition) is 3. The van der Waals surface area contributed by atoms with Gasteiger partial charge in [-0.1, -0.05) is 23.2 Å². The second kappa shape index (κ2) is 8.85. The van der Waals surface area contributed by atoms with Crippen LogP contribution in [-0.4, -0.2) is 27.2 Å². The van der Waals surface area contributed by atoms with Crippen molar-refractivity contribution in [1.82, 2.24) is 5.32 Å². The molecule has 0 aliphatic heterocycles. The van der Waals surface area contributed by atoms with Crippen LogP contribution in [0.5, 0.6) is 11.5 Å². The lowest BCUT2D eigenvalue weighted by atomic mass is 10.2. The Labute approximate surface area is 169 Å². The summed E-state index contributed by atoms with van der Waals surface area (Å²) in [6.07, 6.45) is -0.936. The number of carbonyl (C=O) groups excluding carboxylic acids is 1. The molecule has 1 unspecified atom stereocenters. The summed E-state index contributed by atoms with van der Waals surface area (Å²) in [7, 11) is 0. The van der Waals surface area contributed by atoms with Crippen LogP contribution in [0, 0.1) is 10.1 Å². The summed E-state index contributed by atoms with van der Waals surface area (Å²) in [5, 5.41) is 26.0. The van der Waals surface area contributed by atoms with Gasteiger partial charge in [0.25, 0.3) is 11.6 Å². The van der Waals surface area contributed by atoms with E-state index in [-0.39, 0.29) is 27.3 Å². The molecule has 1 atom stereocenters. The molecule has 142 valence electrons. The van der Waals surface area contributed by atoms with Crippen LogP contribution in [0.4, 0.5) is 11.4 Å². The first kappa shape index (κ1) is 20.7. The average Bonchev–Trinajstić information content (AvgIpc) is 2.58. The lowest BCUT2D eigenvalue weighted by molar-refractivity contribution is -0.384. The first-order valence-corrected chi connectivity index (χ1v) is 8.54. The molecule has 2 aromatic rings. The summed E-state index contributed by atoms with van der Waals surface area (Å²) in [4.78, 5) is 22.2. The van der Waals surface area contributed by atoms with Crippen molar-refractivity contribution in [3.63, 3.8) is 0 Å². The maximum absolute atomic E-state index is 12.2. The number of hydrogen-bond acceptors (Lipinski definition) is 6. The Kier molecular flexibility index (Phi) is 6.78. The second-order valence-electron chi connectivity index (χ2n) is 5.24. The number of nitro groups is 1. The monoisotopic (exact) mass is 429 g/mol.